The fourth-order valence-electron chi connectivity index (χ4n) is 4.01. The molecule has 1 amide bonds. The predicted molar refractivity (Wildman–Crippen MR) is 97.3 cm³/mol. The van der Waals surface area contributed by atoms with Crippen LogP contribution in [0, 0.1) is 5.92 Å². The zero-order valence-corrected chi connectivity index (χ0v) is 15.5. The van der Waals surface area contributed by atoms with Gasteiger partial charge < -0.3 is 4.90 Å². The Bertz CT molecular complexity index is 701. The molecule has 0 unspecified atom stereocenters. The number of fused-ring (bicyclic) bond motifs is 1. The van der Waals surface area contributed by atoms with E-state index in [-0.39, 0.29) is 17.5 Å². The Hall–Kier alpha value is -1.85. The van der Waals surface area contributed by atoms with Crippen LogP contribution in [0.5, 0.6) is 0 Å². The van der Waals surface area contributed by atoms with E-state index in [0.717, 1.165) is 38.2 Å². The maximum absolute atomic E-state index is 13.1. The van der Waals surface area contributed by atoms with E-state index in [9.17, 15) is 9.59 Å². The van der Waals surface area contributed by atoms with Crippen molar-refractivity contribution in [3.8, 4) is 0 Å². The lowest BCUT2D eigenvalue weighted by molar-refractivity contribution is -0.136. The first-order valence-corrected chi connectivity index (χ1v) is 9.69. The van der Waals surface area contributed by atoms with Crippen LogP contribution in [0.2, 0.25) is 0 Å². The van der Waals surface area contributed by atoms with Crippen LogP contribution in [-0.4, -0.2) is 38.2 Å². The van der Waals surface area contributed by atoms with Crippen molar-refractivity contribution < 1.29 is 4.79 Å². The number of hydrogen-bond acceptors (Lipinski definition) is 3. The largest absolute Gasteiger partial charge is 0.345 e. The summed E-state index contributed by atoms with van der Waals surface area (Å²) in [5, 5.41) is 4.26. The van der Waals surface area contributed by atoms with Crippen LogP contribution in [0.25, 0.3) is 0 Å². The zero-order chi connectivity index (χ0) is 17.8. The summed E-state index contributed by atoms with van der Waals surface area (Å²) >= 11 is 0. The van der Waals surface area contributed by atoms with Crippen LogP contribution in [0.15, 0.2) is 16.4 Å². The summed E-state index contributed by atoms with van der Waals surface area (Å²) in [4.78, 5) is 27.2. The molecule has 6 nitrogen and oxygen atoms in total. The van der Waals surface area contributed by atoms with Gasteiger partial charge in [-0.2, -0.15) is 5.10 Å². The number of aromatic nitrogens is 3. The maximum Gasteiger partial charge on any atom is 0.345 e. The summed E-state index contributed by atoms with van der Waals surface area (Å²) in [6.07, 6.45) is 10.8. The molecule has 1 aromatic heterocycles. The van der Waals surface area contributed by atoms with Crippen molar-refractivity contribution in [1.29, 1.82) is 0 Å². The smallest absolute Gasteiger partial charge is 0.342 e. The Morgan fingerprint density at radius 2 is 2.16 bits per heavy atom. The number of rotatable bonds is 6. The predicted octanol–water partition coefficient (Wildman–Crippen LogP) is 2.27. The molecule has 3 rings (SSSR count). The highest BCUT2D eigenvalue weighted by Crippen LogP contribution is 2.23. The standard InChI is InChI=1S/C19H30N4O2/c1-3-12-22(13-11-15-7-5-4-6-8-15)18(24)16-9-10-17-20-21(2)19(25)23(17)14-16/h7,16H,3-6,8-14H2,1-2H3/t16-/m1/s1. The van der Waals surface area contributed by atoms with Gasteiger partial charge >= 0.3 is 5.69 Å². The van der Waals surface area contributed by atoms with E-state index in [4.69, 9.17) is 0 Å². The SMILES string of the molecule is CCCN(CCC1=CCCCC1)C(=O)[C@@H]1CCc2nn(C)c(=O)n2C1. The summed E-state index contributed by atoms with van der Waals surface area (Å²) < 4.78 is 3.06. The van der Waals surface area contributed by atoms with Gasteiger partial charge in [0.05, 0.1) is 5.92 Å². The van der Waals surface area contributed by atoms with Crippen molar-refractivity contribution >= 4 is 5.91 Å². The van der Waals surface area contributed by atoms with Crippen molar-refractivity contribution in [2.45, 2.75) is 64.8 Å². The van der Waals surface area contributed by atoms with Crippen LogP contribution >= 0.6 is 0 Å². The number of carbonyl (C=O) groups excluding carboxylic acids is 1. The fourth-order valence-corrected chi connectivity index (χ4v) is 4.01. The molecule has 0 saturated heterocycles. The molecule has 0 radical (unpaired) electrons. The second kappa shape index (κ2) is 8.02. The Balaban J connectivity index is 1.65. The number of carbonyl (C=O) groups is 1. The average molecular weight is 346 g/mol. The molecule has 0 fully saturated rings. The van der Waals surface area contributed by atoms with Crippen LogP contribution in [0.4, 0.5) is 0 Å². The van der Waals surface area contributed by atoms with Crippen LogP contribution in [-0.2, 0) is 24.8 Å². The number of amides is 1. The molecule has 0 spiro atoms. The minimum atomic E-state index is -0.109. The molecule has 1 aromatic rings. The molecule has 0 N–H and O–H groups in total. The van der Waals surface area contributed by atoms with Crippen LogP contribution in [0.3, 0.4) is 0 Å². The van der Waals surface area contributed by atoms with Gasteiger partial charge in [0, 0.05) is 33.1 Å². The van der Waals surface area contributed by atoms with E-state index in [1.54, 1.807) is 11.6 Å². The number of aryl methyl sites for hydroxylation is 2. The molecule has 1 aliphatic heterocycles. The lowest BCUT2D eigenvalue weighted by Crippen LogP contribution is -2.42. The van der Waals surface area contributed by atoms with Gasteiger partial charge in [-0.3, -0.25) is 9.36 Å². The molecule has 2 heterocycles. The van der Waals surface area contributed by atoms with Gasteiger partial charge in [-0.15, -0.1) is 0 Å². The molecule has 0 bridgehead atoms. The van der Waals surface area contributed by atoms with E-state index >= 15 is 0 Å². The van der Waals surface area contributed by atoms with Gasteiger partial charge in [0.15, 0.2) is 0 Å². The highest BCUT2D eigenvalue weighted by Gasteiger charge is 2.30. The highest BCUT2D eigenvalue weighted by molar-refractivity contribution is 5.79. The molecule has 2 aliphatic rings. The van der Waals surface area contributed by atoms with Crippen molar-refractivity contribution in [3.63, 3.8) is 0 Å². The van der Waals surface area contributed by atoms with Crippen molar-refractivity contribution in [2.24, 2.45) is 13.0 Å². The second-order valence-electron chi connectivity index (χ2n) is 7.35. The Kier molecular flexibility index (Phi) is 5.76. The summed E-state index contributed by atoms with van der Waals surface area (Å²) in [6.45, 7) is 4.20. The van der Waals surface area contributed by atoms with E-state index in [0.29, 0.717) is 13.0 Å². The summed E-state index contributed by atoms with van der Waals surface area (Å²) in [7, 11) is 1.67. The lowest BCUT2D eigenvalue weighted by atomic mass is 9.95. The van der Waals surface area contributed by atoms with Crippen LogP contribution < -0.4 is 5.69 Å². The maximum atomic E-state index is 13.1. The third-order valence-corrected chi connectivity index (χ3v) is 5.45. The first-order chi connectivity index (χ1) is 12.1. The monoisotopic (exact) mass is 346 g/mol. The molecular formula is C19H30N4O2. The molecule has 1 atom stereocenters. The van der Waals surface area contributed by atoms with Gasteiger partial charge in [-0.1, -0.05) is 18.6 Å². The highest BCUT2D eigenvalue weighted by atomic mass is 16.2. The molecule has 1 aliphatic carbocycles. The van der Waals surface area contributed by atoms with E-state index in [2.05, 4.69) is 18.1 Å². The molecule has 0 saturated carbocycles. The first kappa shape index (κ1) is 18.0. The number of hydrogen-bond donors (Lipinski definition) is 0. The Morgan fingerprint density at radius 1 is 1.32 bits per heavy atom. The van der Waals surface area contributed by atoms with Gasteiger partial charge in [-0.05, 0) is 44.9 Å². The van der Waals surface area contributed by atoms with Crippen LogP contribution in [0.1, 0.15) is 57.7 Å². The van der Waals surface area contributed by atoms with Crippen molar-refractivity contribution in [1.82, 2.24) is 19.2 Å². The topological polar surface area (TPSA) is 60.1 Å². The van der Waals surface area contributed by atoms with Crippen molar-refractivity contribution in [3.05, 3.63) is 28.0 Å². The second-order valence-corrected chi connectivity index (χ2v) is 7.35. The summed E-state index contributed by atoms with van der Waals surface area (Å²) in [5.74, 6) is 0.923. The first-order valence-electron chi connectivity index (χ1n) is 9.69. The lowest BCUT2D eigenvalue weighted by Gasteiger charge is -2.30. The van der Waals surface area contributed by atoms with Crippen molar-refractivity contribution in [2.75, 3.05) is 13.1 Å². The van der Waals surface area contributed by atoms with Gasteiger partial charge in [0.25, 0.3) is 0 Å². The Labute approximate surface area is 149 Å². The summed E-state index contributed by atoms with van der Waals surface area (Å²) in [5.41, 5.74) is 1.40. The van der Waals surface area contributed by atoms with E-state index in [1.807, 2.05) is 4.90 Å². The minimum Gasteiger partial charge on any atom is -0.342 e. The number of allylic oxidation sites excluding steroid dienone is 1. The summed E-state index contributed by atoms with van der Waals surface area (Å²) in [6, 6.07) is 0. The fraction of sp³-hybridized carbons (Fsp3) is 0.737. The normalized spacial score (nSPS) is 20.1. The molecule has 6 heteroatoms. The Morgan fingerprint density at radius 3 is 2.88 bits per heavy atom. The third kappa shape index (κ3) is 4.05. The van der Waals surface area contributed by atoms with Gasteiger partial charge in [0.2, 0.25) is 5.91 Å². The van der Waals surface area contributed by atoms with Gasteiger partial charge in [-0.25, -0.2) is 9.48 Å². The van der Waals surface area contributed by atoms with E-state index in [1.165, 1.54) is 35.9 Å². The molecule has 138 valence electrons. The number of nitrogens with zero attached hydrogens (tertiary/aromatic N) is 4. The van der Waals surface area contributed by atoms with Gasteiger partial charge in [0.1, 0.15) is 5.82 Å². The minimum absolute atomic E-state index is 0.0960. The molecule has 0 aromatic carbocycles. The van der Waals surface area contributed by atoms with E-state index < -0.39 is 0 Å². The average Bonchev–Trinajstić information content (AvgIpc) is 2.92. The molecular weight excluding hydrogens is 316 g/mol. The third-order valence-electron chi connectivity index (χ3n) is 5.45. The zero-order valence-electron chi connectivity index (χ0n) is 15.5. The molecule has 25 heavy (non-hydrogen) atoms. The quantitative estimate of drug-likeness (QED) is 0.743.